The lowest BCUT2D eigenvalue weighted by molar-refractivity contribution is -0.121. The summed E-state index contributed by atoms with van der Waals surface area (Å²) in [5.41, 5.74) is 3.53. The predicted molar refractivity (Wildman–Crippen MR) is 130 cm³/mol. The van der Waals surface area contributed by atoms with E-state index in [9.17, 15) is 10.1 Å². The maximum atomic E-state index is 12.3. The zero-order valence-electron chi connectivity index (χ0n) is 19.9. The van der Waals surface area contributed by atoms with Crippen LogP contribution < -0.4 is 4.74 Å². The number of ether oxygens (including phenoxy) is 1. The Balaban J connectivity index is 1.86. The third kappa shape index (κ3) is 6.45. The molecule has 0 saturated heterocycles. The molecule has 0 heterocycles. The topological polar surface area (TPSA) is 50.1 Å². The molecule has 2 atom stereocenters. The van der Waals surface area contributed by atoms with Gasteiger partial charge in [-0.15, -0.1) is 0 Å². The van der Waals surface area contributed by atoms with Gasteiger partial charge in [0.25, 0.3) is 0 Å². The van der Waals surface area contributed by atoms with Crippen molar-refractivity contribution in [3.05, 3.63) is 65.2 Å². The molecule has 0 radical (unpaired) electrons. The van der Waals surface area contributed by atoms with Crippen LogP contribution in [0.2, 0.25) is 0 Å². The van der Waals surface area contributed by atoms with Crippen LogP contribution in [-0.4, -0.2) is 5.78 Å². The Kier molecular flexibility index (Phi) is 8.51. The molecule has 2 aromatic rings. The largest absolute Gasteiger partial charge is 0.489 e. The van der Waals surface area contributed by atoms with E-state index in [2.05, 4.69) is 57.2 Å². The van der Waals surface area contributed by atoms with Gasteiger partial charge in [-0.25, -0.2) is 0 Å². The number of hydrogen-bond donors (Lipinski definition) is 0. The van der Waals surface area contributed by atoms with Crippen molar-refractivity contribution in [3.63, 3.8) is 0 Å². The quantitative estimate of drug-likeness (QED) is 0.366. The van der Waals surface area contributed by atoms with E-state index in [0.29, 0.717) is 19.4 Å². The van der Waals surface area contributed by atoms with Crippen LogP contribution in [0, 0.1) is 17.2 Å². The number of hydrogen-bond acceptors (Lipinski definition) is 3. The molecule has 1 aliphatic carbocycles. The van der Waals surface area contributed by atoms with Crippen LogP contribution in [0.1, 0.15) is 94.7 Å². The number of Topliss-reactive ketones (excluding diaryl/α,β-unsaturated/α-hetero) is 1. The van der Waals surface area contributed by atoms with E-state index < -0.39 is 0 Å². The summed E-state index contributed by atoms with van der Waals surface area (Å²) in [5, 5.41) is 9.43. The Morgan fingerprint density at radius 1 is 1.06 bits per heavy atom. The van der Waals surface area contributed by atoms with Gasteiger partial charge in [0, 0.05) is 12.8 Å². The van der Waals surface area contributed by atoms with Crippen molar-refractivity contribution < 1.29 is 9.53 Å². The number of nitrogens with zero attached hydrogens (tertiary/aromatic N) is 1. The molecule has 0 spiro atoms. The molecule has 32 heavy (non-hydrogen) atoms. The van der Waals surface area contributed by atoms with Crippen molar-refractivity contribution in [2.45, 2.75) is 90.1 Å². The summed E-state index contributed by atoms with van der Waals surface area (Å²) >= 11 is 0. The number of carbonyl (C=O) groups is 1. The summed E-state index contributed by atoms with van der Waals surface area (Å²) in [7, 11) is 0. The molecular formula is C29H37NO2. The highest BCUT2D eigenvalue weighted by Gasteiger charge is 2.31. The first-order valence-corrected chi connectivity index (χ1v) is 12.2. The zero-order chi connectivity index (χ0) is 23.0. The molecular weight excluding hydrogens is 394 g/mol. The number of unbranched alkanes of at least 4 members (excludes halogenated alkanes) is 3. The van der Waals surface area contributed by atoms with E-state index >= 15 is 0 Å². The summed E-state index contributed by atoms with van der Waals surface area (Å²) in [6.07, 6.45) is 7.79. The van der Waals surface area contributed by atoms with Gasteiger partial charge in [-0.2, -0.15) is 5.26 Å². The zero-order valence-corrected chi connectivity index (χ0v) is 19.9. The Labute approximate surface area is 193 Å². The molecule has 0 amide bonds. The fourth-order valence-corrected chi connectivity index (χ4v) is 4.77. The molecule has 1 aliphatic rings. The average molecular weight is 432 g/mol. The minimum atomic E-state index is -0.196. The third-order valence-corrected chi connectivity index (χ3v) is 6.83. The SMILES string of the molecule is CCCCCCC(C)(C)c1ccc([C@H]2CC(=O)C[C@@H](C#N)C2)c(OCc2ccccc2)c1. The van der Waals surface area contributed by atoms with Gasteiger partial charge < -0.3 is 4.74 Å². The van der Waals surface area contributed by atoms with Crippen molar-refractivity contribution in [2.24, 2.45) is 5.92 Å². The fourth-order valence-electron chi connectivity index (χ4n) is 4.77. The highest BCUT2D eigenvalue weighted by Crippen LogP contribution is 2.41. The van der Waals surface area contributed by atoms with Crippen LogP contribution in [0.5, 0.6) is 5.75 Å². The molecule has 0 aromatic heterocycles. The van der Waals surface area contributed by atoms with E-state index in [-0.39, 0.29) is 23.0 Å². The Hall–Kier alpha value is -2.60. The van der Waals surface area contributed by atoms with Gasteiger partial charge in [-0.3, -0.25) is 4.79 Å². The van der Waals surface area contributed by atoms with Crippen LogP contribution in [0.15, 0.2) is 48.5 Å². The molecule has 3 rings (SSSR count). The standard InChI is InChI=1S/C29H37NO2/c1-4-5-6-10-15-29(2,3)25-13-14-27(24-16-23(20-30)17-26(31)18-24)28(19-25)32-21-22-11-8-7-9-12-22/h7-9,11-14,19,23-24H,4-6,10,15-18,21H2,1-3H3/t23-,24+/m0/s1. The number of rotatable bonds is 10. The first kappa shape index (κ1) is 24.1. The summed E-state index contributed by atoms with van der Waals surface area (Å²) < 4.78 is 6.37. The lowest BCUT2D eigenvalue weighted by atomic mass is 9.75. The number of benzene rings is 2. The Morgan fingerprint density at radius 2 is 1.84 bits per heavy atom. The van der Waals surface area contributed by atoms with Crippen molar-refractivity contribution >= 4 is 5.78 Å². The highest BCUT2D eigenvalue weighted by molar-refractivity contribution is 5.81. The second-order valence-electron chi connectivity index (χ2n) is 9.93. The first-order chi connectivity index (χ1) is 15.4. The van der Waals surface area contributed by atoms with Gasteiger partial charge in [-0.05, 0) is 46.9 Å². The van der Waals surface area contributed by atoms with E-state index in [0.717, 1.165) is 29.7 Å². The lowest BCUT2D eigenvalue weighted by Gasteiger charge is -2.30. The monoisotopic (exact) mass is 431 g/mol. The summed E-state index contributed by atoms with van der Waals surface area (Å²) in [4.78, 5) is 12.3. The normalized spacial score (nSPS) is 18.9. The molecule has 3 heteroatoms. The van der Waals surface area contributed by atoms with Gasteiger partial charge >= 0.3 is 0 Å². The lowest BCUT2D eigenvalue weighted by Crippen LogP contribution is -2.22. The van der Waals surface area contributed by atoms with Crippen LogP contribution in [0.4, 0.5) is 0 Å². The van der Waals surface area contributed by atoms with Crippen LogP contribution in [-0.2, 0) is 16.8 Å². The molecule has 0 N–H and O–H groups in total. The van der Waals surface area contributed by atoms with Crippen molar-refractivity contribution in [3.8, 4) is 11.8 Å². The predicted octanol–water partition coefficient (Wildman–Crippen LogP) is 7.49. The van der Waals surface area contributed by atoms with Crippen molar-refractivity contribution in [1.29, 1.82) is 5.26 Å². The van der Waals surface area contributed by atoms with E-state index in [1.54, 1.807) is 0 Å². The molecule has 3 nitrogen and oxygen atoms in total. The van der Waals surface area contributed by atoms with Crippen LogP contribution in [0.3, 0.4) is 0 Å². The van der Waals surface area contributed by atoms with Crippen molar-refractivity contribution in [2.75, 3.05) is 0 Å². The van der Waals surface area contributed by atoms with E-state index in [1.807, 2.05) is 18.2 Å². The summed E-state index contributed by atoms with van der Waals surface area (Å²) in [6, 6.07) is 19.1. The van der Waals surface area contributed by atoms with E-state index in [1.165, 1.54) is 31.2 Å². The number of nitriles is 1. The first-order valence-electron chi connectivity index (χ1n) is 12.2. The maximum absolute atomic E-state index is 12.3. The third-order valence-electron chi connectivity index (χ3n) is 6.83. The fraction of sp³-hybridized carbons (Fsp3) is 0.517. The minimum Gasteiger partial charge on any atom is -0.489 e. The minimum absolute atomic E-state index is 0.0494. The molecule has 2 aromatic carbocycles. The van der Waals surface area contributed by atoms with Crippen LogP contribution in [0.25, 0.3) is 0 Å². The van der Waals surface area contributed by atoms with Gasteiger partial charge in [0.2, 0.25) is 0 Å². The molecule has 170 valence electrons. The van der Waals surface area contributed by atoms with Crippen molar-refractivity contribution in [1.82, 2.24) is 0 Å². The average Bonchev–Trinajstić information content (AvgIpc) is 2.80. The Bertz CT molecular complexity index is 926. The molecule has 0 aliphatic heterocycles. The van der Waals surface area contributed by atoms with Gasteiger partial charge in [0.15, 0.2) is 0 Å². The van der Waals surface area contributed by atoms with E-state index in [4.69, 9.17) is 4.74 Å². The second kappa shape index (κ2) is 11.3. The summed E-state index contributed by atoms with van der Waals surface area (Å²) in [6.45, 7) is 7.36. The molecule has 0 unspecified atom stereocenters. The van der Waals surface area contributed by atoms with Gasteiger partial charge in [0.1, 0.15) is 18.1 Å². The van der Waals surface area contributed by atoms with Gasteiger partial charge in [0.05, 0.1) is 12.0 Å². The molecule has 0 bridgehead atoms. The number of ketones is 1. The van der Waals surface area contributed by atoms with Crippen LogP contribution >= 0.6 is 0 Å². The van der Waals surface area contributed by atoms with Gasteiger partial charge in [-0.1, -0.05) is 88.9 Å². The molecule has 1 saturated carbocycles. The maximum Gasteiger partial charge on any atom is 0.134 e. The smallest absolute Gasteiger partial charge is 0.134 e. The summed E-state index contributed by atoms with van der Waals surface area (Å²) in [5.74, 6) is 0.901. The Morgan fingerprint density at radius 3 is 2.56 bits per heavy atom. The molecule has 1 fully saturated rings. The second-order valence-corrected chi connectivity index (χ2v) is 9.93. The number of carbonyl (C=O) groups excluding carboxylic acids is 1. The highest BCUT2D eigenvalue weighted by atomic mass is 16.5.